The summed E-state index contributed by atoms with van der Waals surface area (Å²) < 4.78 is 5.02. The molecule has 116 valence electrons. The van der Waals surface area contributed by atoms with Crippen molar-refractivity contribution in [3.8, 4) is 0 Å². The largest absolute Gasteiger partial charge is 0.481 e. The van der Waals surface area contributed by atoms with Gasteiger partial charge in [-0.25, -0.2) is 0 Å². The highest BCUT2D eigenvalue weighted by Crippen LogP contribution is 2.32. The van der Waals surface area contributed by atoms with Gasteiger partial charge in [0.25, 0.3) is 5.91 Å². The van der Waals surface area contributed by atoms with Crippen molar-refractivity contribution >= 4 is 11.9 Å². The van der Waals surface area contributed by atoms with Gasteiger partial charge in [-0.15, -0.1) is 0 Å². The monoisotopic (exact) mass is 295 g/mol. The summed E-state index contributed by atoms with van der Waals surface area (Å²) in [5, 5.41) is 16.3. The van der Waals surface area contributed by atoms with Crippen LogP contribution in [0.4, 0.5) is 0 Å². The van der Waals surface area contributed by atoms with Crippen molar-refractivity contribution in [2.24, 2.45) is 5.41 Å². The number of ether oxygens (including phenoxy) is 1. The average Bonchev–Trinajstić information content (AvgIpc) is 3.06. The molecule has 0 saturated carbocycles. The fraction of sp³-hybridized carbons (Fsp3) is 0.643. The van der Waals surface area contributed by atoms with Crippen molar-refractivity contribution < 1.29 is 19.4 Å². The molecule has 0 spiro atoms. The van der Waals surface area contributed by atoms with E-state index in [1.807, 2.05) is 13.8 Å². The highest BCUT2D eigenvalue weighted by Gasteiger charge is 2.46. The van der Waals surface area contributed by atoms with Gasteiger partial charge >= 0.3 is 5.97 Å². The molecule has 2 heterocycles. The number of likely N-dealkylation sites (tertiary alicyclic amines) is 1. The number of nitrogens with zero attached hydrogens (tertiary/aromatic N) is 2. The lowest BCUT2D eigenvalue weighted by atomic mass is 9.88. The molecular weight excluding hydrogens is 274 g/mol. The number of carbonyl (C=O) groups is 2. The second kappa shape index (κ2) is 5.85. The van der Waals surface area contributed by atoms with E-state index < -0.39 is 11.4 Å². The molecular formula is C14H21N3O4. The minimum absolute atomic E-state index is 0.101. The molecule has 2 N–H and O–H groups in total. The molecule has 1 saturated heterocycles. The second-order valence-corrected chi connectivity index (χ2v) is 5.86. The maximum Gasteiger partial charge on any atom is 0.313 e. The van der Waals surface area contributed by atoms with E-state index in [0.717, 1.165) is 5.69 Å². The summed E-state index contributed by atoms with van der Waals surface area (Å²) in [6.45, 7) is 4.67. The van der Waals surface area contributed by atoms with Gasteiger partial charge in [-0.2, -0.15) is 5.10 Å². The normalized spacial score (nSPS) is 22.0. The Bertz CT molecular complexity index is 540. The standard InChI is InChI=1S/C14H21N3O4/c1-9(2)10-6-11(16-15-10)12(18)17-5-4-14(7-17,8-21-3)13(19)20/h6,9H,4-5,7-8H2,1-3H3,(H,15,16)(H,19,20). The Kier molecular flexibility index (Phi) is 4.32. The molecule has 1 aliphatic heterocycles. The summed E-state index contributed by atoms with van der Waals surface area (Å²) >= 11 is 0. The van der Waals surface area contributed by atoms with Crippen LogP contribution in [0.5, 0.6) is 0 Å². The zero-order valence-electron chi connectivity index (χ0n) is 12.5. The third-order valence-electron chi connectivity index (χ3n) is 3.95. The number of carbonyl (C=O) groups excluding carboxylic acids is 1. The number of carboxylic acid groups (broad SMARTS) is 1. The number of hydrogen-bond acceptors (Lipinski definition) is 4. The zero-order chi connectivity index (χ0) is 15.6. The van der Waals surface area contributed by atoms with Crippen molar-refractivity contribution in [3.63, 3.8) is 0 Å². The molecule has 0 aliphatic carbocycles. The highest BCUT2D eigenvalue weighted by atomic mass is 16.5. The van der Waals surface area contributed by atoms with Gasteiger partial charge in [-0.05, 0) is 18.4 Å². The van der Waals surface area contributed by atoms with Crippen molar-refractivity contribution in [1.82, 2.24) is 15.1 Å². The summed E-state index contributed by atoms with van der Waals surface area (Å²) in [7, 11) is 1.47. The number of methoxy groups -OCH3 is 1. The fourth-order valence-corrected chi connectivity index (χ4v) is 2.58. The van der Waals surface area contributed by atoms with Crippen LogP contribution in [-0.2, 0) is 9.53 Å². The van der Waals surface area contributed by atoms with Gasteiger partial charge in [0.05, 0.1) is 6.61 Å². The number of carboxylic acids is 1. The lowest BCUT2D eigenvalue weighted by molar-refractivity contribution is -0.151. The van der Waals surface area contributed by atoms with Crippen molar-refractivity contribution in [2.45, 2.75) is 26.2 Å². The molecule has 2 rings (SSSR count). The van der Waals surface area contributed by atoms with Crippen LogP contribution in [0.2, 0.25) is 0 Å². The van der Waals surface area contributed by atoms with Crippen LogP contribution in [0.15, 0.2) is 6.07 Å². The minimum Gasteiger partial charge on any atom is -0.481 e. The van der Waals surface area contributed by atoms with Crippen LogP contribution in [-0.4, -0.2) is 58.9 Å². The molecule has 1 unspecified atom stereocenters. The van der Waals surface area contributed by atoms with Gasteiger partial charge in [0.2, 0.25) is 0 Å². The summed E-state index contributed by atoms with van der Waals surface area (Å²) in [5.41, 5.74) is 0.206. The molecule has 1 fully saturated rings. The smallest absolute Gasteiger partial charge is 0.313 e. The molecule has 7 nitrogen and oxygen atoms in total. The molecule has 1 amide bonds. The SMILES string of the molecule is COCC1(C(=O)O)CCN(C(=O)c2cc(C(C)C)[nH]n2)C1. The Balaban J connectivity index is 2.12. The van der Waals surface area contributed by atoms with E-state index in [-0.39, 0.29) is 25.0 Å². The topological polar surface area (TPSA) is 95.5 Å². The Morgan fingerprint density at radius 2 is 2.29 bits per heavy atom. The number of aliphatic carboxylic acids is 1. The van der Waals surface area contributed by atoms with Crippen LogP contribution >= 0.6 is 0 Å². The number of aromatic nitrogens is 2. The number of H-pyrrole nitrogens is 1. The molecule has 7 heteroatoms. The van der Waals surface area contributed by atoms with Crippen LogP contribution in [0.3, 0.4) is 0 Å². The number of aromatic amines is 1. The van der Waals surface area contributed by atoms with Gasteiger partial charge in [0.1, 0.15) is 11.1 Å². The van der Waals surface area contributed by atoms with E-state index in [4.69, 9.17) is 4.74 Å². The Labute approximate surface area is 123 Å². The van der Waals surface area contributed by atoms with Gasteiger partial charge < -0.3 is 14.7 Å². The third kappa shape index (κ3) is 2.92. The first kappa shape index (κ1) is 15.5. The maximum atomic E-state index is 12.4. The number of amides is 1. The lowest BCUT2D eigenvalue weighted by Crippen LogP contribution is -2.40. The van der Waals surface area contributed by atoms with Crippen molar-refractivity contribution in [3.05, 3.63) is 17.5 Å². The predicted molar refractivity (Wildman–Crippen MR) is 75.1 cm³/mol. The Morgan fingerprint density at radius 3 is 2.81 bits per heavy atom. The second-order valence-electron chi connectivity index (χ2n) is 5.86. The average molecular weight is 295 g/mol. The van der Waals surface area contributed by atoms with E-state index in [9.17, 15) is 14.7 Å². The van der Waals surface area contributed by atoms with Gasteiger partial charge in [0, 0.05) is 25.9 Å². The van der Waals surface area contributed by atoms with E-state index >= 15 is 0 Å². The zero-order valence-corrected chi connectivity index (χ0v) is 12.5. The van der Waals surface area contributed by atoms with E-state index in [2.05, 4.69) is 10.2 Å². The predicted octanol–water partition coefficient (Wildman–Crippen LogP) is 1.10. The quantitative estimate of drug-likeness (QED) is 0.848. The van der Waals surface area contributed by atoms with Crippen LogP contribution in [0.25, 0.3) is 0 Å². The summed E-state index contributed by atoms with van der Waals surface area (Å²) in [6.07, 6.45) is 0.392. The van der Waals surface area contributed by atoms with E-state index in [1.54, 1.807) is 6.07 Å². The molecule has 1 atom stereocenters. The first-order valence-corrected chi connectivity index (χ1v) is 6.96. The highest BCUT2D eigenvalue weighted by molar-refractivity contribution is 5.93. The third-order valence-corrected chi connectivity index (χ3v) is 3.95. The number of nitrogens with one attached hydrogen (secondary N) is 1. The summed E-state index contributed by atoms with van der Waals surface area (Å²) in [5.74, 6) is -0.911. The Hall–Kier alpha value is -1.89. The molecule has 1 aromatic heterocycles. The van der Waals surface area contributed by atoms with Crippen LogP contribution in [0.1, 0.15) is 42.4 Å². The van der Waals surface area contributed by atoms with Crippen molar-refractivity contribution in [2.75, 3.05) is 26.8 Å². The van der Waals surface area contributed by atoms with Crippen LogP contribution in [0, 0.1) is 5.41 Å². The lowest BCUT2D eigenvalue weighted by Gasteiger charge is -2.23. The van der Waals surface area contributed by atoms with Crippen molar-refractivity contribution in [1.29, 1.82) is 0 Å². The molecule has 0 radical (unpaired) electrons. The fourth-order valence-electron chi connectivity index (χ4n) is 2.58. The van der Waals surface area contributed by atoms with Gasteiger partial charge in [0.15, 0.2) is 0 Å². The number of hydrogen-bond donors (Lipinski definition) is 2. The van der Waals surface area contributed by atoms with E-state index in [1.165, 1.54) is 12.0 Å². The molecule has 1 aromatic rings. The summed E-state index contributed by atoms with van der Waals surface area (Å²) in [6, 6.07) is 1.73. The van der Waals surface area contributed by atoms with Gasteiger partial charge in [-0.3, -0.25) is 14.7 Å². The first-order chi connectivity index (χ1) is 9.89. The van der Waals surface area contributed by atoms with Crippen LogP contribution < -0.4 is 0 Å². The molecule has 1 aliphatic rings. The molecule has 0 aromatic carbocycles. The minimum atomic E-state index is -1.01. The first-order valence-electron chi connectivity index (χ1n) is 6.96. The molecule has 21 heavy (non-hydrogen) atoms. The van der Waals surface area contributed by atoms with Gasteiger partial charge in [-0.1, -0.05) is 13.8 Å². The molecule has 0 bridgehead atoms. The number of rotatable bonds is 5. The summed E-state index contributed by atoms with van der Waals surface area (Å²) in [4.78, 5) is 25.4. The Morgan fingerprint density at radius 1 is 1.57 bits per heavy atom. The van der Waals surface area contributed by atoms with E-state index in [0.29, 0.717) is 18.7 Å². The maximum absolute atomic E-state index is 12.4.